The van der Waals surface area contributed by atoms with Crippen molar-refractivity contribution in [2.24, 2.45) is 5.92 Å². The number of hydrogen-bond donors (Lipinski definition) is 2. The summed E-state index contributed by atoms with van der Waals surface area (Å²) >= 11 is 0. The first kappa shape index (κ1) is 12.3. The zero-order valence-electron chi connectivity index (χ0n) is 9.43. The van der Waals surface area contributed by atoms with Gasteiger partial charge in [0.2, 0.25) is 10.0 Å². The van der Waals surface area contributed by atoms with Crippen LogP contribution in [0.1, 0.15) is 26.2 Å². The molecule has 6 heteroatoms. The smallest absolute Gasteiger partial charge is 0.216 e. The van der Waals surface area contributed by atoms with E-state index in [1.807, 2.05) is 0 Å². The Hall–Kier alpha value is -0.170. The maximum Gasteiger partial charge on any atom is 0.216 e. The van der Waals surface area contributed by atoms with Crippen LogP contribution in [0.4, 0.5) is 0 Å². The number of nitrogens with one attached hydrogen (secondary N) is 1. The molecule has 16 heavy (non-hydrogen) atoms. The van der Waals surface area contributed by atoms with Gasteiger partial charge in [-0.2, -0.15) is 0 Å². The van der Waals surface area contributed by atoms with Gasteiger partial charge in [0.05, 0.1) is 24.0 Å². The highest BCUT2D eigenvalue weighted by atomic mass is 32.2. The Labute approximate surface area is 96.2 Å². The second-order valence-electron chi connectivity index (χ2n) is 4.72. The predicted octanol–water partition coefficient (Wildman–Crippen LogP) is -0.146. The first-order chi connectivity index (χ1) is 7.54. The summed E-state index contributed by atoms with van der Waals surface area (Å²) in [5.41, 5.74) is 0. The summed E-state index contributed by atoms with van der Waals surface area (Å²) in [4.78, 5) is 0. The molecule has 1 saturated heterocycles. The summed E-state index contributed by atoms with van der Waals surface area (Å²) in [6.07, 6.45) is 3.05. The number of ether oxygens (including phenoxy) is 1. The molecule has 0 aromatic carbocycles. The molecule has 0 aromatic heterocycles. The first-order valence-electron chi connectivity index (χ1n) is 5.78. The number of aliphatic hydroxyl groups is 1. The van der Waals surface area contributed by atoms with Crippen LogP contribution in [0.3, 0.4) is 0 Å². The standard InChI is InChI=1S/C10H19NO4S/c1-7(6-12)16(13,14)11-9-4-5-15-10(9)8-2-3-8/h7-12H,2-6H2,1H3. The minimum Gasteiger partial charge on any atom is -0.395 e. The summed E-state index contributed by atoms with van der Waals surface area (Å²) in [6, 6.07) is -0.105. The number of sulfonamides is 1. The Morgan fingerprint density at radius 3 is 2.69 bits per heavy atom. The molecule has 0 amide bonds. The molecule has 1 saturated carbocycles. The Balaban J connectivity index is 1.97. The Kier molecular flexibility index (Phi) is 3.53. The third-order valence-corrected chi connectivity index (χ3v) is 5.16. The molecule has 0 spiro atoms. The fraction of sp³-hybridized carbons (Fsp3) is 1.00. The van der Waals surface area contributed by atoms with Crippen molar-refractivity contribution < 1.29 is 18.3 Å². The van der Waals surface area contributed by atoms with Gasteiger partial charge in [-0.25, -0.2) is 13.1 Å². The van der Waals surface area contributed by atoms with Gasteiger partial charge in [-0.3, -0.25) is 0 Å². The summed E-state index contributed by atoms with van der Waals surface area (Å²) in [5, 5.41) is 8.12. The molecule has 2 fully saturated rings. The fourth-order valence-corrected chi connectivity index (χ4v) is 3.15. The third kappa shape index (κ3) is 2.56. The molecule has 0 aromatic rings. The third-order valence-electron chi connectivity index (χ3n) is 3.32. The quantitative estimate of drug-likeness (QED) is 0.711. The molecule has 5 nitrogen and oxygen atoms in total. The Morgan fingerprint density at radius 1 is 1.44 bits per heavy atom. The molecular formula is C10H19NO4S. The van der Waals surface area contributed by atoms with Gasteiger partial charge in [0.25, 0.3) is 0 Å². The van der Waals surface area contributed by atoms with E-state index in [1.54, 1.807) is 0 Å². The molecule has 1 heterocycles. The highest BCUT2D eigenvalue weighted by molar-refractivity contribution is 7.90. The van der Waals surface area contributed by atoms with Gasteiger partial charge in [0, 0.05) is 6.61 Å². The highest BCUT2D eigenvalue weighted by Gasteiger charge is 2.42. The van der Waals surface area contributed by atoms with E-state index in [0.717, 1.165) is 19.3 Å². The monoisotopic (exact) mass is 249 g/mol. The molecule has 0 radical (unpaired) electrons. The molecule has 2 rings (SSSR count). The van der Waals surface area contributed by atoms with Crippen molar-refractivity contribution in [1.29, 1.82) is 0 Å². The van der Waals surface area contributed by atoms with Crippen molar-refractivity contribution in [3.05, 3.63) is 0 Å². The molecule has 2 aliphatic rings. The van der Waals surface area contributed by atoms with Crippen LogP contribution in [0, 0.1) is 5.92 Å². The van der Waals surface area contributed by atoms with Gasteiger partial charge in [0.1, 0.15) is 0 Å². The Morgan fingerprint density at radius 2 is 2.12 bits per heavy atom. The Bertz CT molecular complexity index is 339. The molecule has 94 valence electrons. The van der Waals surface area contributed by atoms with Gasteiger partial charge < -0.3 is 9.84 Å². The van der Waals surface area contributed by atoms with Crippen LogP contribution in [0.25, 0.3) is 0 Å². The van der Waals surface area contributed by atoms with Crippen molar-refractivity contribution >= 4 is 10.0 Å². The van der Waals surface area contributed by atoms with Crippen molar-refractivity contribution in [1.82, 2.24) is 4.72 Å². The molecule has 3 unspecified atom stereocenters. The fourth-order valence-electron chi connectivity index (χ4n) is 2.05. The molecule has 3 atom stereocenters. The van der Waals surface area contributed by atoms with Gasteiger partial charge >= 0.3 is 0 Å². The van der Waals surface area contributed by atoms with E-state index in [4.69, 9.17) is 9.84 Å². The van der Waals surface area contributed by atoms with Gasteiger partial charge in [-0.1, -0.05) is 0 Å². The number of rotatable bonds is 5. The second kappa shape index (κ2) is 4.60. The zero-order chi connectivity index (χ0) is 11.8. The van der Waals surface area contributed by atoms with E-state index in [1.165, 1.54) is 6.92 Å². The van der Waals surface area contributed by atoms with E-state index >= 15 is 0 Å². The predicted molar refractivity (Wildman–Crippen MR) is 59.5 cm³/mol. The highest BCUT2D eigenvalue weighted by Crippen LogP contribution is 2.38. The second-order valence-corrected chi connectivity index (χ2v) is 6.85. The van der Waals surface area contributed by atoms with Gasteiger partial charge in [-0.15, -0.1) is 0 Å². The van der Waals surface area contributed by atoms with E-state index in [9.17, 15) is 8.42 Å². The van der Waals surface area contributed by atoms with Crippen molar-refractivity contribution in [2.45, 2.75) is 43.6 Å². The van der Waals surface area contributed by atoms with Crippen LogP contribution in [0.5, 0.6) is 0 Å². The molecular weight excluding hydrogens is 230 g/mol. The van der Waals surface area contributed by atoms with E-state index in [2.05, 4.69) is 4.72 Å². The first-order valence-corrected chi connectivity index (χ1v) is 7.33. The van der Waals surface area contributed by atoms with Crippen molar-refractivity contribution in [3.63, 3.8) is 0 Å². The molecule has 1 aliphatic heterocycles. The summed E-state index contributed by atoms with van der Waals surface area (Å²) in [6.45, 7) is 1.78. The van der Waals surface area contributed by atoms with Crippen LogP contribution >= 0.6 is 0 Å². The van der Waals surface area contributed by atoms with Crippen LogP contribution in [-0.4, -0.2) is 44.1 Å². The maximum atomic E-state index is 11.8. The average molecular weight is 249 g/mol. The average Bonchev–Trinajstić information content (AvgIpc) is 2.99. The largest absolute Gasteiger partial charge is 0.395 e. The normalized spacial score (nSPS) is 32.9. The van der Waals surface area contributed by atoms with E-state index in [0.29, 0.717) is 12.5 Å². The van der Waals surface area contributed by atoms with E-state index in [-0.39, 0.29) is 18.8 Å². The summed E-state index contributed by atoms with van der Waals surface area (Å²) in [7, 11) is -3.41. The lowest BCUT2D eigenvalue weighted by atomic mass is 10.1. The zero-order valence-corrected chi connectivity index (χ0v) is 10.2. The lowest BCUT2D eigenvalue weighted by Crippen LogP contribution is -2.45. The van der Waals surface area contributed by atoms with Crippen LogP contribution < -0.4 is 4.72 Å². The maximum absolute atomic E-state index is 11.8. The SMILES string of the molecule is CC(CO)S(=O)(=O)NC1CCOC1C1CC1. The van der Waals surface area contributed by atoms with Crippen molar-refractivity contribution in [3.8, 4) is 0 Å². The molecule has 1 aliphatic carbocycles. The summed E-state index contributed by atoms with van der Waals surface area (Å²) < 4.78 is 31.8. The van der Waals surface area contributed by atoms with Crippen LogP contribution in [0.2, 0.25) is 0 Å². The topological polar surface area (TPSA) is 75.6 Å². The minimum atomic E-state index is -3.41. The summed E-state index contributed by atoms with van der Waals surface area (Å²) in [5.74, 6) is 0.527. The van der Waals surface area contributed by atoms with Gasteiger partial charge in [-0.05, 0) is 32.1 Å². The van der Waals surface area contributed by atoms with Crippen LogP contribution in [-0.2, 0) is 14.8 Å². The van der Waals surface area contributed by atoms with Crippen molar-refractivity contribution in [2.75, 3.05) is 13.2 Å². The minimum absolute atomic E-state index is 0.0423. The van der Waals surface area contributed by atoms with E-state index < -0.39 is 15.3 Å². The lowest BCUT2D eigenvalue weighted by molar-refractivity contribution is 0.0847. The number of hydrogen-bond acceptors (Lipinski definition) is 4. The lowest BCUT2D eigenvalue weighted by Gasteiger charge is -2.21. The molecule has 0 bridgehead atoms. The van der Waals surface area contributed by atoms with Gasteiger partial charge in [0.15, 0.2) is 0 Å². The molecule has 2 N–H and O–H groups in total. The number of aliphatic hydroxyl groups excluding tert-OH is 1. The van der Waals surface area contributed by atoms with Crippen LogP contribution in [0.15, 0.2) is 0 Å².